The van der Waals surface area contributed by atoms with Gasteiger partial charge in [0.25, 0.3) is 0 Å². The molecule has 0 saturated carbocycles. The van der Waals surface area contributed by atoms with Crippen LogP contribution in [0.3, 0.4) is 0 Å². The van der Waals surface area contributed by atoms with Crippen molar-refractivity contribution in [3.63, 3.8) is 0 Å². The number of aromatic nitrogens is 2. The van der Waals surface area contributed by atoms with Gasteiger partial charge in [-0.15, -0.1) is 11.3 Å². The van der Waals surface area contributed by atoms with E-state index in [4.69, 9.17) is 4.98 Å². The van der Waals surface area contributed by atoms with Crippen molar-refractivity contribution < 1.29 is 0 Å². The molecule has 1 fully saturated rings. The lowest BCUT2D eigenvalue weighted by Gasteiger charge is -2.31. The van der Waals surface area contributed by atoms with Crippen LogP contribution in [0.15, 0.2) is 11.6 Å². The van der Waals surface area contributed by atoms with Gasteiger partial charge in [-0.25, -0.2) is 4.98 Å². The summed E-state index contributed by atoms with van der Waals surface area (Å²) >= 11 is 3.78. The van der Waals surface area contributed by atoms with E-state index in [1.807, 2.05) is 0 Å². The van der Waals surface area contributed by atoms with Crippen LogP contribution >= 0.6 is 23.1 Å². The van der Waals surface area contributed by atoms with Crippen LogP contribution in [-0.2, 0) is 6.54 Å². The first kappa shape index (κ1) is 15.2. The Morgan fingerprint density at radius 3 is 3.10 bits per heavy atom. The molecular weight excluding hydrogens is 300 g/mol. The molecule has 1 aliphatic heterocycles. The fourth-order valence-electron chi connectivity index (χ4n) is 2.73. The monoisotopic (exact) mass is 324 g/mol. The number of imidazole rings is 1. The van der Waals surface area contributed by atoms with Crippen LogP contribution < -0.4 is 10.2 Å². The molecule has 1 N–H and O–H groups in total. The summed E-state index contributed by atoms with van der Waals surface area (Å²) < 4.78 is 2.25. The molecule has 2 aromatic rings. The first-order valence-electron chi connectivity index (χ1n) is 7.67. The predicted octanol–water partition coefficient (Wildman–Crippen LogP) is 3.08. The van der Waals surface area contributed by atoms with Gasteiger partial charge in [0.2, 0.25) is 0 Å². The smallest absolute Gasteiger partial charge is 0.195 e. The molecule has 1 atom stereocenters. The first-order chi connectivity index (χ1) is 10.1. The molecule has 0 aliphatic carbocycles. The van der Waals surface area contributed by atoms with Crippen molar-refractivity contribution in [1.82, 2.24) is 14.7 Å². The summed E-state index contributed by atoms with van der Waals surface area (Å²) in [4.78, 5) is 8.46. The third kappa shape index (κ3) is 3.38. The molecule has 1 saturated heterocycles. The van der Waals surface area contributed by atoms with Gasteiger partial charge in [0.15, 0.2) is 10.8 Å². The van der Waals surface area contributed by atoms with E-state index < -0.39 is 0 Å². The topological polar surface area (TPSA) is 32.6 Å². The minimum absolute atomic E-state index is 0.672. The normalized spacial score (nSPS) is 19.8. The number of hydrogen-bond donors (Lipinski definition) is 1. The molecule has 0 radical (unpaired) electrons. The molecule has 116 valence electrons. The van der Waals surface area contributed by atoms with E-state index in [0.717, 1.165) is 31.1 Å². The lowest BCUT2D eigenvalue weighted by Crippen LogP contribution is -2.37. The van der Waals surface area contributed by atoms with Crippen molar-refractivity contribution in [2.45, 2.75) is 32.6 Å². The van der Waals surface area contributed by atoms with E-state index >= 15 is 0 Å². The highest BCUT2D eigenvalue weighted by Gasteiger charge is 2.23. The first-order valence-corrected chi connectivity index (χ1v) is 9.59. The Hall–Kier alpha value is -0.720. The minimum atomic E-state index is 0.672. The summed E-state index contributed by atoms with van der Waals surface area (Å²) in [5.41, 5.74) is 1.31. The average Bonchev–Trinajstić information content (AvgIpc) is 3.00. The van der Waals surface area contributed by atoms with Crippen molar-refractivity contribution >= 4 is 33.9 Å². The SMILES string of the molecule is CC(C)CNCc1c(N2CCSC(C)C2)nc2sccn12. The van der Waals surface area contributed by atoms with Crippen LogP contribution in [0.2, 0.25) is 0 Å². The highest BCUT2D eigenvalue weighted by molar-refractivity contribution is 8.00. The molecule has 2 aromatic heterocycles. The maximum atomic E-state index is 4.89. The van der Waals surface area contributed by atoms with Crippen LogP contribution in [0.5, 0.6) is 0 Å². The Bertz CT molecular complexity index is 590. The number of nitrogens with one attached hydrogen (secondary N) is 1. The van der Waals surface area contributed by atoms with Crippen LogP contribution in [0.4, 0.5) is 5.82 Å². The van der Waals surface area contributed by atoms with E-state index in [0.29, 0.717) is 11.2 Å². The van der Waals surface area contributed by atoms with E-state index in [-0.39, 0.29) is 0 Å². The molecule has 3 rings (SSSR count). The average molecular weight is 325 g/mol. The maximum Gasteiger partial charge on any atom is 0.195 e. The second-order valence-electron chi connectivity index (χ2n) is 6.09. The summed E-state index contributed by atoms with van der Waals surface area (Å²) in [6.07, 6.45) is 2.14. The third-order valence-corrected chi connectivity index (χ3v) is 5.62. The highest BCUT2D eigenvalue weighted by Crippen LogP contribution is 2.28. The molecule has 4 nitrogen and oxygen atoms in total. The van der Waals surface area contributed by atoms with Crippen LogP contribution in [-0.4, -0.2) is 40.0 Å². The molecule has 0 spiro atoms. The Balaban J connectivity index is 1.84. The van der Waals surface area contributed by atoms with Gasteiger partial charge in [-0.2, -0.15) is 11.8 Å². The second-order valence-corrected chi connectivity index (χ2v) is 8.51. The summed E-state index contributed by atoms with van der Waals surface area (Å²) in [5.74, 6) is 3.06. The Kier molecular flexibility index (Phi) is 4.76. The van der Waals surface area contributed by atoms with Crippen molar-refractivity contribution in [2.75, 3.05) is 30.3 Å². The van der Waals surface area contributed by atoms with Crippen LogP contribution in [0.1, 0.15) is 26.5 Å². The predicted molar refractivity (Wildman–Crippen MR) is 93.7 cm³/mol. The largest absolute Gasteiger partial charge is 0.353 e. The van der Waals surface area contributed by atoms with Crippen LogP contribution in [0, 0.1) is 5.92 Å². The lowest BCUT2D eigenvalue weighted by molar-refractivity contribution is 0.546. The molecule has 21 heavy (non-hydrogen) atoms. The van der Waals surface area contributed by atoms with Gasteiger partial charge in [0, 0.05) is 42.2 Å². The van der Waals surface area contributed by atoms with Gasteiger partial charge in [0.05, 0.1) is 5.69 Å². The molecule has 1 unspecified atom stereocenters. The third-order valence-electron chi connectivity index (χ3n) is 3.73. The van der Waals surface area contributed by atoms with Crippen molar-refractivity contribution in [3.05, 3.63) is 17.3 Å². The van der Waals surface area contributed by atoms with Crippen molar-refractivity contribution in [3.8, 4) is 0 Å². The Labute approximate surface area is 134 Å². The molecule has 0 bridgehead atoms. The number of thiazole rings is 1. The Morgan fingerprint density at radius 2 is 2.33 bits per heavy atom. The van der Waals surface area contributed by atoms with Crippen molar-refractivity contribution in [1.29, 1.82) is 0 Å². The molecule has 0 amide bonds. The molecule has 6 heteroatoms. The summed E-state index contributed by atoms with van der Waals surface area (Å²) in [5, 5.41) is 6.38. The number of nitrogens with zero attached hydrogens (tertiary/aromatic N) is 3. The van der Waals surface area contributed by atoms with Gasteiger partial charge in [0.1, 0.15) is 0 Å². The fraction of sp³-hybridized carbons (Fsp3) is 0.667. The van der Waals surface area contributed by atoms with Crippen molar-refractivity contribution in [2.24, 2.45) is 5.92 Å². The Morgan fingerprint density at radius 1 is 1.48 bits per heavy atom. The number of anilines is 1. The van der Waals surface area contributed by atoms with E-state index in [9.17, 15) is 0 Å². The molecule has 0 aromatic carbocycles. The van der Waals surface area contributed by atoms with Gasteiger partial charge >= 0.3 is 0 Å². The fourth-order valence-corrected chi connectivity index (χ4v) is 4.47. The number of hydrogen-bond acceptors (Lipinski definition) is 5. The number of fused-ring (bicyclic) bond motifs is 1. The summed E-state index contributed by atoms with van der Waals surface area (Å²) in [6, 6.07) is 0. The van der Waals surface area contributed by atoms with Gasteiger partial charge in [-0.05, 0) is 12.5 Å². The van der Waals surface area contributed by atoms with Gasteiger partial charge in [-0.3, -0.25) is 4.40 Å². The van der Waals surface area contributed by atoms with Gasteiger partial charge < -0.3 is 10.2 Å². The zero-order chi connectivity index (χ0) is 14.8. The highest BCUT2D eigenvalue weighted by atomic mass is 32.2. The molecule has 1 aliphatic rings. The lowest BCUT2D eigenvalue weighted by atomic mass is 10.2. The molecular formula is C15H24N4S2. The minimum Gasteiger partial charge on any atom is -0.353 e. The number of rotatable bonds is 5. The quantitative estimate of drug-likeness (QED) is 0.916. The maximum absolute atomic E-state index is 4.89. The zero-order valence-corrected chi connectivity index (χ0v) is 14.6. The van der Waals surface area contributed by atoms with Gasteiger partial charge in [-0.1, -0.05) is 20.8 Å². The number of thioether (sulfide) groups is 1. The molecule has 3 heterocycles. The standard InChI is InChI=1S/C15H24N4S2/c1-11(2)8-16-9-13-14(17-15-19(13)5-7-21-15)18-4-6-20-12(3)10-18/h5,7,11-12,16H,4,6,8-10H2,1-3H3. The van der Waals surface area contributed by atoms with Crippen LogP contribution in [0.25, 0.3) is 4.96 Å². The summed E-state index contributed by atoms with van der Waals surface area (Å²) in [6.45, 7) is 10.9. The second kappa shape index (κ2) is 6.58. The van der Waals surface area contributed by atoms with E-state index in [2.05, 4.69) is 58.7 Å². The zero-order valence-electron chi connectivity index (χ0n) is 13.0. The van der Waals surface area contributed by atoms with E-state index in [1.54, 1.807) is 11.3 Å². The summed E-state index contributed by atoms with van der Waals surface area (Å²) in [7, 11) is 0. The van der Waals surface area contributed by atoms with E-state index in [1.165, 1.54) is 17.3 Å².